The topological polar surface area (TPSA) is 9.23 Å². The van der Waals surface area contributed by atoms with Gasteiger partial charge in [-0.3, -0.25) is 0 Å². The van der Waals surface area contributed by atoms with E-state index in [1.807, 2.05) is 60.7 Å². The molecule has 0 spiro atoms. The minimum atomic E-state index is -2.43. The predicted molar refractivity (Wildman–Crippen MR) is 101 cm³/mol. The summed E-state index contributed by atoms with van der Waals surface area (Å²) in [6.45, 7) is 0. The standard InChI is InChI=1S/C23H22F2O/c1-26-20-14-12-19(13-15-20)22(23(24)25)16-21(17-8-4-2-5-9-17)18-10-6-3-7-11-18/h2-15,21-23H,16H2,1H3. The van der Waals surface area contributed by atoms with Crippen LogP contribution in [0.25, 0.3) is 0 Å². The summed E-state index contributed by atoms with van der Waals surface area (Å²) >= 11 is 0. The highest BCUT2D eigenvalue weighted by molar-refractivity contribution is 5.35. The highest BCUT2D eigenvalue weighted by Crippen LogP contribution is 2.38. The van der Waals surface area contributed by atoms with Crippen LogP contribution in [0.4, 0.5) is 8.78 Å². The lowest BCUT2D eigenvalue weighted by Crippen LogP contribution is -2.15. The molecular weight excluding hydrogens is 330 g/mol. The summed E-state index contributed by atoms with van der Waals surface area (Å²) in [5, 5.41) is 0. The Morgan fingerprint density at radius 1 is 0.692 bits per heavy atom. The minimum absolute atomic E-state index is 0.0847. The van der Waals surface area contributed by atoms with Crippen molar-refractivity contribution in [2.45, 2.75) is 24.7 Å². The Kier molecular flexibility index (Phi) is 6.00. The van der Waals surface area contributed by atoms with Gasteiger partial charge in [0.1, 0.15) is 5.75 Å². The van der Waals surface area contributed by atoms with Gasteiger partial charge < -0.3 is 4.74 Å². The van der Waals surface area contributed by atoms with Gasteiger partial charge >= 0.3 is 0 Å². The number of ether oxygens (including phenoxy) is 1. The fourth-order valence-corrected chi connectivity index (χ4v) is 3.32. The van der Waals surface area contributed by atoms with E-state index >= 15 is 0 Å². The molecule has 0 bridgehead atoms. The van der Waals surface area contributed by atoms with E-state index in [1.165, 1.54) is 0 Å². The molecule has 0 amide bonds. The van der Waals surface area contributed by atoms with Crippen molar-refractivity contribution >= 4 is 0 Å². The third-order valence-corrected chi connectivity index (χ3v) is 4.74. The first-order valence-electron chi connectivity index (χ1n) is 8.71. The van der Waals surface area contributed by atoms with Gasteiger partial charge in [-0.1, -0.05) is 72.8 Å². The SMILES string of the molecule is COc1ccc(C(CC(c2ccccc2)c2ccccc2)C(F)F)cc1. The van der Waals surface area contributed by atoms with E-state index < -0.39 is 12.3 Å². The van der Waals surface area contributed by atoms with Crippen molar-refractivity contribution in [1.82, 2.24) is 0 Å². The molecule has 0 N–H and O–H groups in total. The number of alkyl halides is 2. The molecule has 0 aromatic heterocycles. The molecule has 0 aliphatic rings. The monoisotopic (exact) mass is 352 g/mol. The first-order chi connectivity index (χ1) is 12.7. The second kappa shape index (κ2) is 8.61. The molecule has 1 atom stereocenters. The van der Waals surface area contributed by atoms with Crippen LogP contribution in [0.15, 0.2) is 84.9 Å². The minimum Gasteiger partial charge on any atom is -0.497 e. The van der Waals surface area contributed by atoms with E-state index in [2.05, 4.69) is 0 Å². The van der Waals surface area contributed by atoms with Crippen LogP contribution in [-0.2, 0) is 0 Å². The fourth-order valence-electron chi connectivity index (χ4n) is 3.32. The van der Waals surface area contributed by atoms with E-state index in [0.717, 1.165) is 11.1 Å². The summed E-state index contributed by atoms with van der Waals surface area (Å²) < 4.78 is 33.0. The normalized spacial score (nSPS) is 12.3. The molecule has 3 heteroatoms. The summed E-state index contributed by atoms with van der Waals surface area (Å²) in [5.41, 5.74) is 2.74. The Hall–Kier alpha value is -2.68. The Bertz CT molecular complexity index is 746. The molecule has 134 valence electrons. The highest BCUT2D eigenvalue weighted by Gasteiger charge is 2.28. The molecule has 3 aromatic rings. The van der Waals surface area contributed by atoms with E-state index in [0.29, 0.717) is 17.7 Å². The van der Waals surface area contributed by atoms with Gasteiger partial charge in [0.15, 0.2) is 0 Å². The number of methoxy groups -OCH3 is 1. The van der Waals surface area contributed by atoms with Crippen molar-refractivity contribution in [2.24, 2.45) is 0 Å². The number of rotatable bonds is 7. The smallest absolute Gasteiger partial charge is 0.245 e. The Labute approximate surface area is 153 Å². The van der Waals surface area contributed by atoms with Crippen molar-refractivity contribution in [1.29, 1.82) is 0 Å². The second-order valence-electron chi connectivity index (χ2n) is 6.32. The van der Waals surface area contributed by atoms with E-state index in [9.17, 15) is 8.78 Å². The lowest BCUT2D eigenvalue weighted by atomic mass is 9.81. The van der Waals surface area contributed by atoms with Gasteiger partial charge in [0, 0.05) is 11.8 Å². The number of hydrogen-bond acceptors (Lipinski definition) is 1. The van der Waals surface area contributed by atoms with Gasteiger partial charge in [-0.25, -0.2) is 8.78 Å². The van der Waals surface area contributed by atoms with Crippen molar-refractivity contribution < 1.29 is 13.5 Å². The predicted octanol–water partition coefficient (Wildman–Crippen LogP) is 6.27. The molecular formula is C23H22F2O. The average molecular weight is 352 g/mol. The quantitative estimate of drug-likeness (QED) is 0.487. The second-order valence-corrected chi connectivity index (χ2v) is 6.32. The van der Waals surface area contributed by atoms with Crippen molar-refractivity contribution in [3.8, 4) is 5.75 Å². The summed E-state index contributed by atoms with van der Waals surface area (Å²) in [7, 11) is 1.57. The Morgan fingerprint density at radius 3 is 1.62 bits per heavy atom. The number of hydrogen-bond donors (Lipinski definition) is 0. The summed E-state index contributed by atoms with van der Waals surface area (Å²) in [6.07, 6.45) is -2.09. The molecule has 0 saturated carbocycles. The van der Waals surface area contributed by atoms with Gasteiger partial charge in [0.2, 0.25) is 6.43 Å². The van der Waals surface area contributed by atoms with Crippen molar-refractivity contribution in [2.75, 3.05) is 7.11 Å². The van der Waals surface area contributed by atoms with Crippen LogP contribution >= 0.6 is 0 Å². The van der Waals surface area contributed by atoms with Gasteiger partial charge in [-0.15, -0.1) is 0 Å². The zero-order valence-electron chi connectivity index (χ0n) is 14.7. The third kappa shape index (κ3) is 4.29. The van der Waals surface area contributed by atoms with Crippen molar-refractivity contribution in [3.05, 3.63) is 102 Å². The van der Waals surface area contributed by atoms with Crippen LogP contribution in [0.5, 0.6) is 5.75 Å². The summed E-state index contributed by atoms with van der Waals surface area (Å²) in [4.78, 5) is 0. The maximum absolute atomic E-state index is 13.9. The van der Waals surface area contributed by atoms with Gasteiger partial charge in [0.25, 0.3) is 0 Å². The lowest BCUT2D eigenvalue weighted by molar-refractivity contribution is 0.108. The molecule has 26 heavy (non-hydrogen) atoms. The molecule has 0 aliphatic heterocycles. The molecule has 3 rings (SSSR count). The zero-order valence-corrected chi connectivity index (χ0v) is 14.7. The molecule has 0 heterocycles. The van der Waals surface area contributed by atoms with E-state index in [1.54, 1.807) is 31.4 Å². The zero-order chi connectivity index (χ0) is 18.4. The van der Waals surface area contributed by atoms with Gasteiger partial charge in [-0.2, -0.15) is 0 Å². The molecule has 0 radical (unpaired) electrons. The molecule has 0 fully saturated rings. The average Bonchev–Trinajstić information content (AvgIpc) is 2.70. The van der Waals surface area contributed by atoms with Crippen LogP contribution in [0, 0.1) is 0 Å². The maximum Gasteiger partial charge on any atom is 0.245 e. The maximum atomic E-state index is 13.9. The summed E-state index contributed by atoms with van der Waals surface area (Å²) in [6, 6.07) is 26.7. The lowest BCUT2D eigenvalue weighted by Gasteiger charge is -2.24. The van der Waals surface area contributed by atoms with Crippen LogP contribution in [0.2, 0.25) is 0 Å². The van der Waals surface area contributed by atoms with Crippen LogP contribution in [0.3, 0.4) is 0 Å². The number of benzene rings is 3. The first-order valence-corrected chi connectivity index (χ1v) is 8.71. The Balaban J connectivity index is 1.94. The molecule has 1 nitrogen and oxygen atoms in total. The van der Waals surface area contributed by atoms with E-state index in [-0.39, 0.29) is 5.92 Å². The number of halogens is 2. The largest absolute Gasteiger partial charge is 0.497 e. The van der Waals surface area contributed by atoms with Crippen LogP contribution in [-0.4, -0.2) is 13.5 Å². The highest BCUT2D eigenvalue weighted by atomic mass is 19.3. The van der Waals surface area contributed by atoms with Crippen molar-refractivity contribution in [3.63, 3.8) is 0 Å². The Morgan fingerprint density at radius 2 is 1.19 bits per heavy atom. The summed E-state index contributed by atoms with van der Waals surface area (Å²) in [5.74, 6) is -0.255. The van der Waals surface area contributed by atoms with E-state index in [4.69, 9.17) is 4.74 Å². The third-order valence-electron chi connectivity index (χ3n) is 4.74. The first kappa shape index (κ1) is 18.1. The fraction of sp³-hybridized carbons (Fsp3) is 0.217. The molecule has 1 unspecified atom stereocenters. The van der Waals surface area contributed by atoms with Gasteiger partial charge in [0.05, 0.1) is 7.11 Å². The molecule has 0 saturated heterocycles. The molecule has 0 aliphatic carbocycles. The van der Waals surface area contributed by atoms with Crippen LogP contribution < -0.4 is 4.74 Å². The van der Waals surface area contributed by atoms with Crippen LogP contribution in [0.1, 0.15) is 34.9 Å². The molecule has 3 aromatic carbocycles. The van der Waals surface area contributed by atoms with Gasteiger partial charge in [-0.05, 0) is 35.2 Å².